The molecule has 1 N–H and O–H groups in total. The van der Waals surface area contributed by atoms with E-state index in [1.165, 1.54) is 0 Å². The second-order valence-electron chi connectivity index (χ2n) is 7.03. The van der Waals surface area contributed by atoms with Crippen LogP contribution in [-0.4, -0.2) is 32.6 Å². The number of carbonyl (C=O) groups is 2. The Bertz CT molecular complexity index is 881. The average molecular weight is 382 g/mol. The van der Waals surface area contributed by atoms with Crippen LogP contribution in [-0.2, 0) is 9.59 Å². The Morgan fingerprint density at radius 3 is 2.61 bits per heavy atom. The molecule has 1 heterocycles. The van der Waals surface area contributed by atoms with E-state index >= 15 is 0 Å². The van der Waals surface area contributed by atoms with Gasteiger partial charge in [-0.15, -0.1) is 0 Å². The molecule has 2 aromatic carbocycles. The molecular weight excluding hydrogens is 356 g/mol. The highest BCUT2D eigenvalue weighted by molar-refractivity contribution is 6.01. The van der Waals surface area contributed by atoms with Crippen LogP contribution in [0.5, 0.6) is 11.5 Å². The molecule has 3 rings (SSSR count). The second-order valence-corrected chi connectivity index (χ2v) is 7.03. The molecule has 2 unspecified atom stereocenters. The van der Waals surface area contributed by atoms with E-state index in [2.05, 4.69) is 5.32 Å². The van der Waals surface area contributed by atoms with Gasteiger partial charge in [-0.2, -0.15) is 0 Å². The highest BCUT2D eigenvalue weighted by Gasteiger charge is 2.36. The van der Waals surface area contributed by atoms with Gasteiger partial charge in [-0.3, -0.25) is 9.59 Å². The third-order valence-electron chi connectivity index (χ3n) is 5.19. The molecule has 6 nitrogen and oxygen atoms in total. The second kappa shape index (κ2) is 8.33. The van der Waals surface area contributed by atoms with Crippen molar-refractivity contribution in [2.24, 2.45) is 5.92 Å². The van der Waals surface area contributed by atoms with E-state index in [0.717, 1.165) is 11.1 Å². The van der Waals surface area contributed by atoms with E-state index in [4.69, 9.17) is 9.47 Å². The molecule has 2 amide bonds. The number of rotatable bonds is 6. The van der Waals surface area contributed by atoms with Gasteiger partial charge in [0.2, 0.25) is 11.8 Å². The topological polar surface area (TPSA) is 67.9 Å². The fourth-order valence-electron chi connectivity index (χ4n) is 3.61. The van der Waals surface area contributed by atoms with Crippen LogP contribution < -0.4 is 19.7 Å². The van der Waals surface area contributed by atoms with Gasteiger partial charge in [0.15, 0.2) is 0 Å². The number of benzene rings is 2. The predicted octanol–water partition coefficient (Wildman–Crippen LogP) is 3.24. The third-order valence-corrected chi connectivity index (χ3v) is 5.19. The van der Waals surface area contributed by atoms with Gasteiger partial charge in [-0.05, 0) is 37.1 Å². The summed E-state index contributed by atoms with van der Waals surface area (Å²) in [5.41, 5.74) is 2.85. The van der Waals surface area contributed by atoms with Crippen LogP contribution >= 0.6 is 0 Å². The zero-order valence-electron chi connectivity index (χ0n) is 16.7. The molecule has 2 atom stereocenters. The summed E-state index contributed by atoms with van der Waals surface area (Å²) in [4.78, 5) is 27.0. The summed E-state index contributed by atoms with van der Waals surface area (Å²) in [6, 6.07) is 13.1. The van der Waals surface area contributed by atoms with Gasteiger partial charge in [0.25, 0.3) is 0 Å². The highest BCUT2D eigenvalue weighted by atomic mass is 16.5. The van der Waals surface area contributed by atoms with Crippen LogP contribution in [0.3, 0.4) is 0 Å². The molecule has 1 saturated heterocycles. The summed E-state index contributed by atoms with van der Waals surface area (Å²) in [6.07, 6.45) is 0.182. The van der Waals surface area contributed by atoms with Crippen molar-refractivity contribution in [3.63, 3.8) is 0 Å². The third kappa shape index (κ3) is 3.96. The highest BCUT2D eigenvalue weighted by Crippen LogP contribution is 2.36. The zero-order chi connectivity index (χ0) is 20.3. The summed E-state index contributed by atoms with van der Waals surface area (Å²) in [6.45, 7) is 4.31. The van der Waals surface area contributed by atoms with Gasteiger partial charge in [0.05, 0.1) is 31.9 Å². The maximum absolute atomic E-state index is 12.8. The molecule has 1 fully saturated rings. The Morgan fingerprint density at radius 1 is 1.18 bits per heavy atom. The largest absolute Gasteiger partial charge is 0.497 e. The standard InChI is InChI=1S/C22H26N2O4/c1-14-7-5-6-8-18(14)15(2)23-22(26)16-11-21(25)24(13-16)19-10-9-17(27-3)12-20(19)28-4/h5-10,12,15-16H,11,13H2,1-4H3,(H,23,26). The zero-order valence-corrected chi connectivity index (χ0v) is 16.7. The van der Waals surface area contributed by atoms with Crippen molar-refractivity contribution >= 4 is 17.5 Å². The Kier molecular flexibility index (Phi) is 5.87. The molecule has 148 valence electrons. The molecule has 0 saturated carbocycles. The minimum absolute atomic E-state index is 0.0906. The predicted molar refractivity (Wildman–Crippen MR) is 108 cm³/mol. The van der Waals surface area contributed by atoms with Crippen LogP contribution in [0.1, 0.15) is 30.5 Å². The Hall–Kier alpha value is -3.02. The van der Waals surface area contributed by atoms with Crippen molar-refractivity contribution in [3.8, 4) is 11.5 Å². The molecule has 0 aliphatic carbocycles. The summed E-state index contributed by atoms with van der Waals surface area (Å²) < 4.78 is 10.6. The SMILES string of the molecule is COc1ccc(N2CC(C(=O)NC(C)c3ccccc3C)CC2=O)c(OC)c1. The summed E-state index contributed by atoms with van der Waals surface area (Å²) in [5, 5.41) is 3.05. The van der Waals surface area contributed by atoms with E-state index in [0.29, 0.717) is 23.7 Å². The number of aryl methyl sites for hydroxylation is 1. The first kappa shape index (κ1) is 19.7. The number of hydrogen-bond acceptors (Lipinski definition) is 4. The summed E-state index contributed by atoms with van der Waals surface area (Å²) >= 11 is 0. The molecule has 0 bridgehead atoms. The molecule has 0 aromatic heterocycles. The number of ether oxygens (including phenoxy) is 2. The molecular formula is C22H26N2O4. The lowest BCUT2D eigenvalue weighted by atomic mass is 10.0. The summed E-state index contributed by atoms with van der Waals surface area (Å²) in [7, 11) is 3.12. The van der Waals surface area contributed by atoms with Crippen molar-refractivity contribution in [3.05, 3.63) is 53.6 Å². The van der Waals surface area contributed by atoms with Gasteiger partial charge < -0.3 is 19.7 Å². The van der Waals surface area contributed by atoms with Crippen molar-refractivity contribution in [2.75, 3.05) is 25.7 Å². The maximum Gasteiger partial charge on any atom is 0.227 e. The number of nitrogens with zero attached hydrogens (tertiary/aromatic N) is 1. The van der Waals surface area contributed by atoms with Gasteiger partial charge in [0.1, 0.15) is 11.5 Å². The summed E-state index contributed by atoms with van der Waals surface area (Å²) in [5.74, 6) is 0.590. The number of hydrogen-bond donors (Lipinski definition) is 1. The van der Waals surface area contributed by atoms with E-state index in [1.54, 1.807) is 37.3 Å². The first-order valence-corrected chi connectivity index (χ1v) is 9.33. The minimum atomic E-state index is -0.397. The van der Waals surface area contributed by atoms with Crippen LogP contribution in [0.15, 0.2) is 42.5 Å². The normalized spacial score (nSPS) is 17.4. The average Bonchev–Trinajstić information content (AvgIpc) is 3.09. The first-order valence-electron chi connectivity index (χ1n) is 9.33. The fourth-order valence-corrected chi connectivity index (χ4v) is 3.61. The van der Waals surface area contributed by atoms with Crippen molar-refractivity contribution in [2.45, 2.75) is 26.3 Å². The number of carbonyl (C=O) groups excluding carboxylic acids is 2. The van der Waals surface area contributed by atoms with E-state index in [9.17, 15) is 9.59 Å². The monoisotopic (exact) mass is 382 g/mol. The molecule has 0 radical (unpaired) electrons. The number of nitrogens with one attached hydrogen (secondary N) is 1. The first-order chi connectivity index (χ1) is 13.4. The quantitative estimate of drug-likeness (QED) is 0.833. The molecule has 6 heteroatoms. The van der Waals surface area contributed by atoms with Crippen LogP contribution in [0, 0.1) is 12.8 Å². The number of methoxy groups -OCH3 is 2. The van der Waals surface area contributed by atoms with Gasteiger partial charge in [-0.25, -0.2) is 0 Å². The van der Waals surface area contributed by atoms with Gasteiger partial charge in [0, 0.05) is 19.0 Å². The van der Waals surface area contributed by atoms with Crippen molar-refractivity contribution in [1.29, 1.82) is 0 Å². The lowest BCUT2D eigenvalue weighted by molar-refractivity contribution is -0.126. The fraction of sp³-hybridized carbons (Fsp3) is 0.364. The van der Waals surface area contributed by atoms with E-state index < -0.39 is 5.92 Å². The lowest BCUT2D eigenvalue weighted by Gasteiger charge is -2.21. The molecule has 28 heavy (non-hydrogen) atoms. The lowest BCUT2D eigenvalue weighted by Crippen LogP contribution is -2.34. The minimum Gasteiger partial charge on any atom is -0.497 e. The smallest absolute Gasteiger partial charge is 0.227 e. The van der Waals surface area contributed by atoms with Crippen LogP contribution in [0.4, 0.5) is 5.69 Å². The molecule has 1 aliphatic heterocycles. The molecule has 1 aliphatic rings. The van der Waals surface area contributed by atoms with Gasteiger partial charge >= 0.3 is 0 Å². The number of anilines is 1. The van der Waals surface area contributed by atoms with E-state index in [1.807, 2.05) is 38.1 Å². The van der Waals surface area contributed by atoms with E-state index in [-0.39, 0.29) is 24.3 Å². The van der Waals surface area contributed by atoms with Crippen molar-refractivity contribution < 1.29 is 19.1 Å². The Morgan fingerprint density at radius 2 is 1.93 bits per heavy atom. The molecule has 0 spiro atoms. The van der Waals surface area contributed by atoms with Crippen molar-refractivity contribution in [1.82, 2.24) is 5.32 Å². The van der Waals surface area contributed by atoms with Gasteiger partial charge in [-0.1, -0.05) is 24.3 Å². The Balaban J connectivity index is 1.72. The van der Waals surface area contributed by atoms with Crippen LogP contribution in [0.25, 0.3) is 0 Å². The maximum atomic E-state index is 12.8. The van der Waals surface area contributed by atoms with Crippen LogP contribution in [0.2, 0.25) is 0 Å². The Labute approximate surface area is 165 Å². The number of amides is 2. The molecule has 2 aromatic rings.